The highest BCUT2D eigenvalue weighted by atomic mass is 16.5. The number of ether oxygens (including phenoxy) is 1. The van der Waals surface area contributed by atoms with Crippen LogP contribution >= 0.6 is 0 Å². The summed E-state index contributed by atoms with van der Waals surface area (Å²) in [6, 6.07) is 0.896. The summed E-state index contributed by atoms with van der Waals surface area (Å²) in [6.45, 7) is 7.49. The topological polar surface area (TPSA) is 79.4 Å². The molecule has 0 radical (unpaired) electrons. The minimum atomic E-state index is -0.243. The van der Waals surface area contributed by atoms with E-state index in [-0.39, 0.29) is 11.7 Å². The Balaban J connectivity index is 1.70. The molecule has 3 rings (SSSR count). The van der Waals surface area contributed by atoms with E-state index in [4.69, 9.17) is 4.74 Å². The third kappa shape index (κ3) is 3.67. The van der Waals surface area contributed by atoms with Gasteiger partial charge in [-0.2, -0.15) is 0 Å². The lowest BCUT2D eigenvalue weighted by atomic mass is 10.1. The summed E-state index contributed by atoms with van der Waals surface area (Å²) in [5.41, 5.74) is 1.90. The maximum atomic E-state index is 11.9. The predicted octanol–water partition coefficient (Wildman–Crippen LogP) is 0.800. The quantitative estimate of drug-likeness (QED) is 0.848. The zero-order valence-electron chi connectivity index (χ0n) is 14.8. The highest BCUT2D eigenvalue weighted by Gasteiger charge is 2.28. The number of nitrogens with one attached hydrogen (secondary N) is 2. The molecule has 7 heteroatoms. The Labute approximate surface area is 143 Å². The van der Waals surface area contributed by atoms with Crippen LogP contribution in [0.25, 0.3) is 0 Å². The van der Waals surface area contributed by atoms with E-state index in [2.05, 4.69) is 25.5 Å². The second kappa shape index (κ2) is 7.44. The van der Waals surface area contributed by atoms with E-state index in [1.807, 2.05) is 13.8 Å². The Morgan fingerprint density at radius 2 is 2.08 bits per heavy atom. The number of aromatic nitrogens is 2. The van der Waals surface area contributed by atoms with Crippen molar-refractivity contribution in [1.29, 1.82) is 0 Å². The van der Waals surface area contributed by atoms with Crippen LogP contribution in [-0.2, 0) is 4.74 Å². The summed E-state index contributed by atoms with van der Waals surface area (Å²) in [5.74, 6) is 0.880. The number of carbonyl (C=O) groups is 1. The minimum absolute atomic E-state index is 0.243. The van der Waals surface area contributed by atoms with Crippen LogP contribution in [0.4, 0.5) is 5.82 Å². The molecule has 2 atom stereocenters. The third-order valence-corrected chi connectivity index (χ3v) is 4.91. The maximum absolute atomic E-state index is 11.9. The number of carbonyl (C=O) groups excluding carboxylic acids is 1. The molecule has 2 aliphatic heterocycles. The van der Waals surface area contributed by atoms with Crippen LogP contribution in [0.1, 0.15) is 41.1 Å². The minimum Gasteiger partial charge on any atom is -0.380 e. The molecule has 132 valence electrons. The summed E-state index contributed by atoms with van der Waals surface area (Å²) in [5, 5.41) is 6.31. The largest absolute Gasteiger partial charge is 0.380 e. The molecule has 3 heterocycles. The first-order valence-electron chi connectivity index (χ1n) is 8.74. The molecule has 7 nitrogen and oxygen atoms in total. The number of rotatable bonds is 4. The molecule has 1 unspecified atom stereocenters. The fourth-order valence-corrected chi connectivity index (χ4v) is 3.43. The Morgan fingerprint density at radius 3 is 2.79 bits per heavy atom. The van der Waals surface area contributed by atoms with Gasteiger partial charge in [-0.15, -0.1) is 0 Å². The molecule has 0 saturated carbocycles. The highest BCUT2D eigenvalue weighted by Crippen LogP contribution is 2.24. The van der Waals surface area contributed by atoms with Crippen molar-refractivity contribution in [2.24, 2.45) is 0 Å². The lowest BCUT2D eigenvalue weighted by Crippen LogP contribution is -2.44. The van der Waals surface area contributed by atoms with Gasteiger partial charge in [0.25, 0.3) is 5.91 Å². The van der Waals surface area contributed by atoms with Crippen LogP contribution in [0, 0.1) is 13.8 Å². The van der Waals surface area contributed by atoms with Crippen LogP contribution in [-0.4, -0.2) is 61.3 Å². The van der Waals surface area contributed by atoms with Crippen LogP contribution in [0.15, 0.2) is 0 Å². The van der Waals surface area contributed by atoms with Gasteiger partial charge in [0.2, 0.25) is 5.82 Å². The average molecular weight is 333 g/mol. The molecular weight excluding hydrogens is 306 g/mol. The second-order valence-corrected chi connectivity index (χ2v) is 6.67. The SMILES string of the molecule is CNC(=O)c1nc(C)c(C)c(N2CC[C@@H](NC3CCCOC3)C2)n1. The van der Waals surface area contributed by atoms with E-state index in [1.54, 1.807) is 7.05 Å². The second-order valence-electron chi connectivity index (χ2n) is 6.67. The van der Waals surface area contributed by atoms with E-state index in [0.29, 0.717) is 12.1 Å². The molecule has 1 amide bonds. The summed E-state index contributed by atoms with van der Waals surface area (Å²) < 4.78 is 5.55. The summed E-state index contributed by atoms with van der Waals surface area (Å²) >= 11 is 0. The van der Waals surface area contributed by atoms with Crippen molar-refractivity contribution in [3.05, 3.63) is 17.1 Å². The molecule has 0 aromatic carbocycles. The van der Waals surface area contributed by atoms with Gasteiger partial charge in [-0.05, 0) is 33.1 Å². The molecular formula is C17H27N5O2. The normalized spacial score (nSPS) is 24.2. The number of nitrogens with zero attached hydrogens (tertiary/aromatic N) is 3. The van der Waals surface area contributed by atoms with Gasteiger partial charge >= 0.3 is 0 Å². The summed E-state index contributed by atoms with van der Waals surface area (Å²) in [6.07, 6.45) is 3.39. The zero-order chi connectivity index (χ0) is 17.1. The molecule has 2 fully saturated rings. The van der Waals surface area contributed by atoms with Crippen molar-refractivity contribution in [1.82, 2.24) is 20.6 Å². The van der Waals surface area contributed by atoms with E-state index in [9.17, 15) is 4.79 Å². The molecule has 1 aromatic rings. The first kappa shape index (κ1) is 17.1. The fraction of sp³-hybridized carbons (Fsp3) is 0.706. The summed E-state index contributed by atoms with van der Waals surface area (Å²) in [4.78, 5) is 23.0. The van der Waals surface area contributed by atoms with Gasteiger partial charge in [0.15, 0.2) is 0 Å². The smallest absolute Gasteiger partial charge is 0.288 e. The zero-order valence-corrected chi connectivity index (χ0v) is 14.8. The van der Waals surface area contributed by atoms with Crippen LogP contribution < -0.4 is 15.5 Å². The van der Waals surface area contributed by atoms with E-state index in [1.165, 1.54) is 6.42 Å². The van der Waals surface area contributed by atoms with Crippen molar-refractivity contribution in [3.8, 4) is 0 Å². The molecule has 1 aromatic heterocycles. The van der Waals surface area contributed by atoms with E-state index < -0.39 is 0 Å². The van der Waals surface area contributed by atoms with E-state index in [0.717, 1.165) is 56.2 Å². The Kier molecular flexibility index (Phi) is 5.30. The Bertz CT molecular complexity index is 601. The molecule has 2 N–H and O–H groups in total. The van der Waals surface area contributed by atoms with Crippen molar-refractivity contribution in [2.45, 2.75) is 45.2 Å². The van der Waals surface area contributed by atoms with Gasteiger partial charge in [-0.3, -0.25) is 4.79 Å². The maximum Gasteiger partial charge on any atom is 0.288 e. The summed E-state index contributed by atoms with van der Waals surface area (Å²) in [7, 11) is 1.60. The van der Waals surface area contributed by atoms with Crippen LogP contribution in [0.3, 0.4) is 0 Å². The predicted molar refractivity (Wildman–Crippen MR) is 92.5 cm³/mol. The van der Waals surface area contributed by atoms with Gasteiger partial charge < -0.3 is 20.3 Å². The Morgan fingerprint density at radius 1 is 1.25 bits per heavy atom. The molecule has 2 saturated heterocycles. The molecule has 0 aliphatic carbocycles. The van der Waals surface area contributed by atoms with Crippen LogP contribution in [0.2, 0.25) is 0 Å². The number of hydrogen-bond acceptors (Lipinski definition) is 6. The lowest BCUT2D eigenvalue weighted by Gasteiger charge is -2.27. The van der Waals surface area contributed by atoms with Gasteiger partial charge in [0.1, 0.15) is 5.82 Å². The van der Waals surface area contributed by atoms with Crippen molar-refractivity contribution in [2.75, 3.05) is 38.3 Å². The highest BCUT2D eigenvalue weighted by molar-refractivity contribution is 5.90. The van der Waals surface area contributed by atoms with Crippen molar-refractivity contribution < 1.29 is 9.53 Å². The molecule has 0 spiro atoms. The van der Waals surface area contributed by atoms with Gasteiger partial charge in [-0.1, -0.05) is 0 Å². The first-order chi connectivity index (χ1) is 11.6. The van der Waals surface area contributed by atoms with E-state index >= 15 is 0 Å². The number of amides is 1. The number of hydrogen-bond donors (Lipinski definition) is 2. The van der Waals surface area contributed by atoms with Crippen molar-refractivity contribution in [3.63, 3.8) is 0 Å². The third-order valence-electron chi connectivity index (χ3n) is 4.91. The van der Waals surface area contributed by atoms with Gasteiger partial charge in [0.05, 0.1) is 6.61 Å². The number of aryl methyl sites for hydroxylation is 1. The lowest BCUT2D eigenvalue weighted by molar-refractivity contribution is 0.0672. The van der Waals surface area contributed by atoms with Gasteiger partial charge in [0, 0.05) is 50.1 Å². The van der Waals surface area contributed by atoms with Gasteiger partial charge in [-0.25, -0.2) is 9.97 Å². The standard InChI is InChI=1S/C17H27N5O2/c1-11-12(2)19-15(17(23)18-3)21-16(11)22-7-6-13(9-22)20-14-5-4-8-24-10-14/h13-14,20H,4-10H2,1-3H3,(H,18,23)/t13-,14?/m1/s1. The average Bonchev–Trinajstić information content (AvgIpc) is 3.05. The Hall–Kier alpha value is -1.73. The van der Waals surface area contributed by atoms with Crippen LogP contribution in [0.5, 0.6) is 0 Å². The van der Waals surface area contributed by atoms with Crippen molar-refractivity contribution >= 4 is 11.7 Å². The molecule has 2 aliphatic rings. The first-order valence-corrected chi connectivity index (χ1v) is 8.74. The molecule has 24 heavy (non-hydrogen) atoms. The molecule has 0 bridgehead atoms. The number of anilines is 1. The monoisotopic (exact) mass is 333 g/mol. The fourth-order valence-electron chi connectivity index (χ4n) is 3.43.